The highest BCUT2D eigenvalue weighted by atomic mass is 32.1. The summed E-state index contributed by atoms with van der Waals surface area (Å²) in [4.78, 5) is 31.7. The second-order valence-corrected chi connectivity index (χ2v) is 12.0. The van der Waals surface area contributed by atoms with Gasteiger partial charge in [-0.3, -0.25) is 9.59 Å². The van der Waals surface area contributed by atoms with Crippen LogP contribution in [-0.2, 0) is 4.79 Å². The Balaban J connectivity index is 1.11. The van der Waals surface area contributed by atoms with Crippen molar-refractivity contribution in [3.8, 4) is 17.0 Å². The van der Waals surface area contributed by atoms with Gasteiger partial charge in [-0.25, -0.2) is 4.98 Å². The van der Waals surface area contributed by atoms with E-state index in [-0.39, 0.29) is 23.7 Å². The van der Waals surface area contributed by atoms with Gasteiger partial charge < -0.3 is 15.4 Å². The maximum Gasteiger partial charge on any atom is 0.255 e. The van der Waals surface area contributed by atoms with Crippen molar-refractivity contribution in [1.29, 1.82) is 0 Å². The molecule has 7 heteroatoms. The van der Waals surface area contributed by atoms with Crippen LogP contribution in [0.15, 0.2) is 102 Å². The number of nitrogens with one attached hydrogen (secondary N) is 2. The van der Waals surface area contributed by atoms with Crippen molar-refractivity contribution >= 4 is 34.0 Å². The molecule has 0 aliphatic heterocycles. The molecular formula is C35H29N3O3S. The number of carbonyl (C=O) groups excluding carboxylic acids is 2. The molecule has 1 atom stereocenters. The minimum Gasteiger partial charge on any atom is -0.497 e. The van der Waals surface area contributed by atoms with Crippen LogP contribution in [-0.4, -0.2) is 23.9 Å². The van der Waals surface area contributed by atoms with Crippen LogP contribution in [0.5, 0.6) is 5.75 Å². The number of aromatic nitrogens is 1. The van der Waals surface area contributed by atoms with Gasteiger partial charge >= 0.3 is 0 Å². The Hall–Kier alpha value is -4.75. The summed E-state index contributed by atoms with van der Waals surface area (Å²) in [7, 11) is 1.60. The lowest BCUT2D eigenvalue weighted by atomic mass is 9.52. The summed E-state index contributed by atoms with van der Waals surface area (Å²) in [5.74, 6) is 0.662. The van der Waals surface area contributed by atoms with E-state index < -0.39 is 5.41 Å². The van der Waals surface area contributed by atoms with Gasteiger partial charge in [0.05, 0.1) is 18.2 Å². The fourth-order valence-corrected chi connectivity index (χ4v) is 7.31. The maximum atomic E-state index is 14.0. The van der Waals surface area contributed by atoms with E-state index in [0.29, 0.717) is 22.1 Å². The molecule has 0 fully saturated rings. The zero-order valence-corrected chi connectivity index (χ0v) is 24.1. The summed E-state index contributed by atoms with van der Waals surface area (Å²) < 4.78 is 5.19. The third-order valence-corrected chi connectivity index (χ3v) is 9.40. The van der Waals surface area contributed by atoms with E-state index >= 15 is 0 Å². The highest BCUT2D eigenvalue weighted by Crippen LogP contribution is 2.61. The van der Waals surface area contributed by atoms with E-state index in [2.05, 4.69) is 66.1 Å². The number of amides is 2. The van der Waals surface area contributed by atoms with E-state index in [0.717, 1.165) is 17.7 Å². The Bertz CT molecular complexity index is 1780. The van der Waals surface area contributed by atoms with Crippen LogP contribution in [0.2, 0.25) is 0 Å². The Morgan fingerprint density at radius 1 is 0.857 bits per heavy atom. The number of fused-ring (bicyclic) bond motifs is 1. The maximum absolute atomic E-state index is 14.0. The van der Waals surface area contributed by atoms with Crippen LogP contribution in [0.3, 0.4) is 0 Å². The molecule has 3 aliphatic carbocycles. The number of anilines is 2. The third-order valence-electron chi connectivity index (χ3n) is 8.64. The fraction of sp³-hybridized carbons (Fsp3) is 0.171. The number of methoxy groups -OCH3 is 1. The van der Waals surface area contributed by atoms with Gasteiger partial charge in [0.1, 0.15) is 5.75 Å². The predicted octanol–water partition coefficient (Wildman–Crippen LogP) is 7.70. The summed E-state index contributed by atoms with van der Waals surface area (Å²) >= 11 is 1.39. The van der Waals surface area contributed by atoms with Crippen LogP contribution < -0.4 is 15.4 Å². The van der Waals surface area contributed by atoms with Gasteiger partial charge in [-0.15, -0.1) is 11.3 Å². The van der Waals surface area contributed by atoms with Gasteiger partial charge in [-0.2, -0.15) is 0 Å². The smallest absolute Gasteiger partial charge is 0.255 e. The molecule has 5 aromatic rings. The quantitative estimate of drug-likeness (QED) is 0.219. The highest BCUT2D eigenvalue weighted by molar-refractivity contribution is 7.14. The van der Waals surface area contributed by atoms with E-state index in [1.807, 2.05) is 23.6 Å². The molecule has 1 unspecified atom stereocenters. The molecule has 0 radical (unpaired) electrons. The number of nitrogens with zero attached hydrogens (tertiary/aromatic N) is 1. The molecule has 0 spiro atoms. The number of ether oxygens (including phenoxy) is 1. The van der Waals surface area contributed by atoms with Crippen molar-refractivity contribution in [2.75, 3.05) is 17.7 Å². The van der Waals surface area contributed by atoms with Crippen LogP contribution >= 0.6 is 11.3 Å². The molecule has 8 rings (SSSR count). The average molecular weight is 572 g/mol. The van der Waals surface area contributed by atoms with Crippen molar-refractivity contribution in [3.63, 3.8) is 0 Å². The molecule has 2 N–H and O–H groups in total. The zero-order chi connectivity index (χ0) is 28.8. The first-order valence-corrected chi connectivity index (χ1v) is 14.8. The highest BCUT2D eigenvalue weighted by Gasteiger charge is 2.54. The van der Waals surface area contributed by atoms with Crippen molar-refractivity contribution in [1.82, 2.24) is 4.98 Å². The standard InChI is InChI=1S/C35H29N3O3S/c1-35(19-29-25-10-3-5-12-27(25)31(35)28-13-6-4-11-26(28)29)33(40)38-34-37-30(20-42-34)21-8-7-9-22(18-21)32(39)36-23-14-16-24(41-2)17-15-23/h3-18,20,29,31H,19H2,1-2H3,(H,36,39)(H,37,38,40). The monoisotopic (exact) mass is 571 g/mol. The van der Waals surface area contributed by atoms with Crippen molar-refractivity contribution in [3.05, 3.63) is 130 Å². The number of benzene rings is 4. The van der Waals surface area contributed by atoms with E-state index in [1.165, 1.54) is 33.6 Å². The molecule has 0 saturated heterocycles. The van der Waals surface area contributed by atoms with Crippen molar-refractivity contribution in [2.24, 2.45) is 5.41 Å². The van der Waals surface area contributed by atoms with Gasteiger partial charge in [0.25, 0.3) is 5.91 Å². The second kappa shape index (κ2) is 10.3. The van der Waals surface area contributed by atoms with Crippen LogP contribution in [0.25, 0.3) is 11.3 Å². The number of hydrogen-bond acceptors (Lipinski definition) is 5. The Morgan fingerprint density at radius 2 is 1.52 bits per heavy atom. The lowest BCUT2D eigenvalue weighted by molar-refractivity contribution is -0.126. The molecule has 4 aromatic carbocycles. The number of hydrogen-bond donors (Lipinski definition) is 2. The summed E-state index contributed by atoms with van der Waals surface area (Å²) in [6.45, 7) is 2.09. The van der Waals surface area contributed by atoms with Crippen LogP contribution in [0.4, 0.5) is 10.8 Å². The molecule has 6 nitrogen and oxygen atoms in total. The second-order valence-electron chi connectivity index (χ2n) is 11.1. The first-order valence-electron chi connectivity index (χ1n) is 13.9. The Morgan fingerprint density at radius 3 is 2.19 bits per heavy atom. The molecule has 42 heavy (non-hydrogen) atoms. The first kappa shape index (κ1) is 26.2. The molecule has 1 aromatic heterocycles. The molecule has 0 saturated carbocycles. The number of thiazole rings is 1. The van der Waals surface area contributed by atoms with Crippen molar-refractivity contribution < 1.29 is 14.3 Å². The van der Waals surface area contributed by atoms with Gasteiger partial charge in [0.15, 0.2) is 5.13 Å². The van der Waals surface area contributed by atoms with Crippen LogP contribution in [0.1, 0.15) is 57.8 Å². The van der Waals surface area contributed by atoms with E-state index in [9.17, 15) is 9.59 Å². The molecule has 2 amide bonds. The average Bonchev–Trinajstić information content (AvgIpc) is 3.50. The molecule has 1 heterocycles. The summed E-state index contributed by atoms with van der Waals surface area (Å²) in [6.07, 6.45) is 0.751. The largest absolute Gasteiger partial charge is 0.497 e. The number of carbonyl (C=O) groups is 2. The fourth-order valence-electron chi connectivity index (χ4n) is 6.59. The minimum atomic E-state index is -0.612. The number of rotatable bonds is 6. The van der Waals surface area contributed by atoms with Gasteiger partial charge in [0, 0.05) is 34.0 Å². The van der Waals surface area contributed by atoms with Crippen molar-refractivity contribution in [2.45, 2.75) is 25.2 Å². The molecule has 208 valence electrons. The summed E-state index contributed by atoms with van der Waals surface area (Å²) in [6, 6.07) is 31.6. The van der Waals surface area contributed by atoms with Gasteiger partial charge in [-0.1, -0.05) is 60.7 Å². The predicted molar refractivity (Wildman–Crippen MR) is 166 cm³/mol. The molecular weight excluding hydrogens is 542 g/mol. The van der Waals surface area contributed by atoms with Gasteiger partial charge in [-0.05, 0) is 72.0 Å². The SMILES string of the molecule is COc1ccc(NC(=O)c2cccc(-c3csc(NC(=O)C4(C)CC5c6ccccc6C4c4ccccc45)n3)c2)cc1. The lowest BCUT2D eigenvalue weighted by Gasteiger charge is -2.50. The Kier molecular flexibility index (Phi) is 6.39. The normalized spacial score (nSPS) is 19.9. The van der Waals surface area contributed by atoms with Crippen LogP contribution in [0, 0.1) is 5.41 Å². The Labute approximate surface area is 248 Å². The molecule has 2 bridgehead atoms. The van der Waals surface area contributed by atoms with Gasteiger partial charge in [0.2, 0.25) is 5.91 Å². The topological polar surface area (TPSA) is 80.3 Å². The minimum absolute atomic E-state index is 0.0183. The van der Waals surface area contributed by atoms with E-state index in [1.54, 1.807) is 37.4 Å². The summed E-state index contributed by atoms with van der Waals surface area (Å²) in [5, 5.41) is 8.53. The third kappa shape index (κ3) is 4.37. The zero-order valence-electron chi connectivity index (χ0n) is 23.3. The lowest BCUT2D eigenvalue weighted by Crippen LogP contribution is -2.47. The molecule has 3 aliphatic rings. The first-order chi connectivity index (χ1) is 20.4. The summed E-state index contributed by atoms with van der Waals surface area (Å²) in [5.41, 5.74) is 7.26. The van der Waals surface area contributed by atoms with E-state index in [4.69, 9.17) is 9.72 Å².